The summed E-state index contributed by atoms with van der Waals surface area (Å²) in [6.45, 7) is 2.32. The first-order valence-electron chi connectivity index (χ1n) is 4.05. The predicted octanol–water partition coefficient (Wildman–Crippen LogP) is 3.34. The van der Waals surface area contributed by atoms with Gasteiger partial charge in [-0.3, -0.25) is 0 Å². The Morgan fingerprint density at radius 1 is 1.45 bits per heavy atom. The highest BCUT2D eigenvalue weighted by Crippen LogP contribution is 2.32. The summed E-state index contributed by atoms with van der Waals surface area (Å²) in [5, 5.41) is 0. The van der Waals surface area contributed by atoms with E-state index in [-0.39, 0.29) is 0 Å². The monoisotopic (exact) mass is 258 g/mol. The van der Waals surface area contributed by atoms with Gasteiger partial charge in [-0.05, 0) is 64.6 Å². The van der Waals surface area contributed by atoms with Gasteiger partial charge in [0.2, 0.25) is 0 Å². The zero-order valence-corrected chi connectivity index (χ0v) is 8.76. The van der Waals surface area contributed by atoms with Gasteiger partial charge in [0, 0.05) is 3.57 Å². The van der Waals surface area contributed by atoms with Gasteiger partial charge in [-0.2, -0.15) is 0 Å². The molecule has 1 unspecified atom stereocenters. The van der Waals surface area contributed by atoms with Crippen molar-refractivity contribution in [2.75, 3.05) is 0 Å². The highest BCUT2D eigenvalue weighted by atomic mass is 127. The summed E-state index contributed by atoms with van der Waals surface area (Å²) < 4.78 is 1.37. The zero-order valence-electron chi connectivity index (χ0n) is 6.60. The molecule has 1 atom stereocenters. The maximum Gasteiger partial charge on any atom is 0.0133 e. The highest BCUT2D eigenvalue weighted by Gasteiger charge is 2.17. The first-order chi connectivity index (χ1) is 5.27. The Bertz CT molecular complexity index is 278. The van der Waals surface area contributed by atoms with Crippen LogP contribution in [0.2, 0.25) is 0 Å². The molecular formula is C10H11I. The number of aryl methyl sites for hydroxylation is 1. The van der Waals surface area contributed by atoms with Crippen LogP contribution in [-0.4, -0.2) is 0 Å². The minimum atomic E-state index is 0.794. The van der Waals surface area contributed by atoms with E-state index in [1.54, 1.807) is 11.1 Å². The molecule has 2 rings (SSSR count). The Hall–Kier alpha value is -0.0500. The van der Waals surface area contributed by atoms with Crippen LogP contribution in [0.3, 0.4) is 0 Å². The number of halogens is 1. The minimum absolute atomic E-state index is 0.794. The van der Waals surface area contributed by atoms with E-state index in [1.165, 1.54) is 16.4 Å². The van der Waals surface area contributed by atoms with E-state index < -0.39 is 0 Å². The van der Waals surface area contributed by atoms with Crippen molar-refractivity contribution in [2.24, 2.45) is 0 Å². The average molecular weight is 258 g/mol. The lowest BCUT2D eigenvalue weighted by Gasteiger charge is -2.03. The van der Waals surface area contributed by atoms with Crippen LogP contribution >= 0.6 is 22.6 Å². The quantitative estimate of drug-likeness (QED) is 0.626. The van der Waals surface area contributed by atoms with E-state index in [0.29, 0.717) is 0 Å². The summed E-state index contributed by atoms with van der Waals surface area (Å²) in [4.78, 5) is 0. The molecule has 0 fully saturated rings. The van der Waals surface area contributed by atoms with Crippen molar-refractivity contribution in [1.82, 2.24) is 0 Å². The molecule has 0 amide bonds. The molecule has 0 radical (unpaired) electrons. The molecule has 1 aliphatic carbocycles. The average Bonchev–Trinajstić information content (AvgIpc) is 2.32. The Morgan fingerprint density at radius 2 is 2.27 bits per heavy atom. The topological polar surface area (TPSA) is 0 Å². The summed E-state index contributed by atoms with van der Waals surface area (Å²) in [6.07, 6.45) is 2.63. The third kappa shape index (κ3) is 1.31. The fraction of sp³-hybridized carbons (Fsp3) is 0.400. The van der Waals surface area contributed by atoms with Crippen molar-refractivity contribution >= 4 is 22.6 Å². The number of benzene rings is 1. The van der Waals surface area contributed by atoms with Crippen molar-refractivity contribution in [2.45, 2.75) is 25.7 Å². The fourth-order valence-corrected chi connectivity index (χ4v) is 2.35. The lowest BCUT2D eigenvalue weighted by Crippen LogP contribution is -1.85. The Labute approximate surface area is 81.1 Å². The summed E-state index contributed by atoms with van der Waals surface area (Å²) in [6, 6.07) is 6.81. The molecule has 0 aromatic heterocycles. The van der Waals surface area contributed by atoms with Gasteiger partial charge in [-0.25, -0.2) is 0 Å². The molecule has 0 bridgehead atoms. The zero-order chi connectivity index (χ0) is 7.84. The molecule has 0 saturated carbocycles. The third-order valence-corrected chi connectivity index (χ3v) is 3.15. The van der Waals surface area contributed by atoms with E-state index in [1.807, 2.05) is 0 Å². The maximum absolute atomic E-state index is 2.38. The van der Waals surface area contributed by atoms with Gasteiger partial charge in [0.1, 0.15) is 0 Å². The Morgan fingerprint density at radius 3 is 3.09 bits per heavy atom. The van der Waals surface area contributed by atoms with E-state index in [2.05, 4.69) is 47.7 Å². The normalized spacial score (nSPS) is 21.8. The van der Waals surface area contributed by atoms with Crippen LogP contribution in [0.4, 0.5) is 0 Å². The van der Waals surface area contributed by atoms with Crippen LogP contribution in [0.1, 0.15) is 30.4 Å². The van der Waals surface area contributed by atoms with Crippen LogP contribution in [0.15, 0.2) is 18.2 Å². The van der Waals surface area contributed by atoms with Crippen LogP contribution in [0.5, 0.6) is 0 Å². The molecule has 0 aliphatic heterocycles. The summed E-state index contributed by atoms with van der Waals surface area (Å²) in [7, 11) is 0. The van der Waals surface area contributed by atoms with Gasteiger partial charge in [-0.1, -0.05) is 13.0 Å². The second kappa shape index (κ2) is 2.77. The molecule has 0 saturated heterocycles. The van der Waals surface area contributed by atoms with Crippen molar-refractivity contribution in [1.29, 1.82) is 0 Å². The fourth-order valence-electron chi connectivity index (χ4n) is 1.80. The second-order valence-corrected chi connectivity index (χ2v) is 4.53. The molecule has 0 N–H and O–H groups in total. The largest absolute Gasteiger partial charge is 0.0584 e. The van der Waals surface area contributed by atoms with Gasteiger partial charge in [-0.15, -0.1) is 0 Å². The van der Waals surface area contributed by atoms with Crippen LogP contribution < -0.4 is 0 Å². The molecule has 58 valence electrons. The van der Waals surface area contributed by atoms with Crippen LogP contribution in [0.25, 0.3) is 0 Å². The van der Waals surface area contributed by atoms with Crippen molar-refractivity contribution in [3.63, 3.8) is 0 Å². The molecule has 1 heteroatoms. The minimum Gasteiger partial charge on any atom is -0.0584 e. The molecule has 0 spiro atoms. The lowest BCUT2D eigenvalue weighted by molar-refractivity contribution is 0.747. The van der Waals surface area contributed by atoms with Gasteiger partial charge in [0.05, 0.1) is 0 Å². The molecule has 1 aromatic rings. The molecule has 0 heterocycles. The van der Waals surface area contributed by atoms with E-state index in [0.717, 1.165) is 5.92 Å². The van der Waals surface area contributed by atoms with Gasteiger partial charge in [0.25, 0.3) is 0 Å². The van der Waals surface area contributed by atoms with Crippen LogP contribution in [-0.2, 0) is 6.42 Å². The van der Waals surface area contributed by atoms with E-state index in [9.17, 15) is 0 Å². The third-order valence-electron chi connectivity index (χ3n) is 2.48. The molecule has 1 aliphatic rings. The number of fused-ring (bicyclic) bond motifs is 1. The molecular weight excluding hydrogens is 247 g/mol. The smallest absolute Gasteiger partial charge is 0.0133 e. The second-order valence-electron chi connectivity index (χ2n) is 3.28. The summed E-state index contributed by atoms with van der Waals surface area (Å²) in [5.41, 5.74) is 3.15. The Balaban J connectivity index is 2.50. The van der Waals surface area contributed by atoms with Gasteiger partial charge >= 0.3 is 0 Å². The lowest BCUT2D eigenvalue weighted by atomic mass is 10.0. The first-order valence-corrected chi connectivity index (χ1v) is 5.13. The molecule has 0 nitrogen and oxygen atoms in total. The Kier molecular flexibility index (Phi) is 1.91. The highest BCUT2D eigenvalue weighted by molar-refractivity contribution is 14.1. The van der Waals surface area contributed by atoms with Gasteiger partial charge in [0.15, 0.2) is 0 Å². The predicted molar refractivity (Wildman–Crippen MR) is 55.9 cm³/mol. The van der Waals surface area contributed by atoms with Crippen LogP contribution in [0, 0.1) is 3.57 Å². The SMILES string of the molecule is CC1CCc2cc(I)ccc21. The van der Waals surface area contributed by atoms with Crippen molar-refractivity contribution in [3.8, 4) is 0 Å². The molecule has 1 aromatic carbocycles. The first kappa shape index (κ1) is 7.59. The maximum atomic E-state index is 2.38. The van der Waals surface area contributed by atoms with E-state index >= 15 is 0 Å². The van der Waals surface area contributed by atoms with Gasteiger partial charge < -0.3 is 0 Å². The number of rotatable bonds is 0. The van der Waals surface area contributed by atoms with Crippen molar-refractivity contribution < 1.29 is 0 Å². The number of hydrogen-bond acceptors (Lipinski definition) is 0. The molecule has 11 heavy (non-hydrogen) atoms. The standard InChI is InChI=1S/C10H11I/c1-7-2-3-8-6-9(11)4-5-10(7)8/h4-7H,2-3H2,1H3. The summed E-state index contributed by atoms with van der Waals surface area (Å²) in [5.74, 6) is 0.794. The number of hydrogen-bond donors (Lipinski definition) is 0. The van der Waals surface area contributed by atoms with Crippen molar-refractivity contribution in [3.05, 3.63) is 32.9 Å². The summed E-state index contributed by atoms with van der Waals surface area (Å²) >= 11 is 2.38. The van der Waals surface area contributed by atoms with E-state index in [4.69, 9.17) is 0 Å².